The van der Waals surface area contributed by atoms with E-state index in [0.717, 1.165) is 51.0 Å². The first-order valence-corrected chi connectivity index (χ1v) is 9.63. The molecule has 20 heavy (non-hydrogen) atoms. The van der Waals surface area contributed by atoms with Crippen molar-refractivity contribution in [3.63, 3.8) is 0 Å². The maximum Gasteiger partial charge on any atom is 0.139 e. The number of rotatable bonds is 3. The van der Waals surface area contributed by atoms with Crippen molar-refractivity contribution in [1.29, 1.82) is 0 Å². The lowest BCUT2D eigenvalue weighted by Gasteiger charge is -2.43. The van der Waals surface area contributed by atoms with Gasteiger partial charge in [-0.3, -0.25) is 4.79 Å². The van der Waals surface area contributed by atoms with Gasteiger partial charge in [-0.2, -0.15) is 11.8 Å². The summed E-state index contributed by atoms with van der Waals surface area (Å²) in [7, 11) is 0. The number of ether oxygens (including phenoxy) is 1. The van der Waals surface area contributed by atoms with E-state index in [4.69, 9.17) is 4.74 Å². The molecule has 2 saturated heterocycles. The van der Waals surface area contributed by atoms with E-state index in [1.54, 1.807) is 0 Å². The predicted molar refractivity (Wildman–Crippen MR) is 84.1 cm³/mol. The Labute approximate surface area is 127 Å². The third-order valence-electron chi connectivity index (χ3n) is 5.82. The van der Waals surface area contributed by atoms with Gasteiger partial charge in [0, 0.05) is 18.4 Å². The van der Waals surface area contributed by atoms with Crippen molar-refractivity contribution in [2.45, 2.75) is 63.9 Å². The average molecular weight is 296 g/mol. The highest BCUT2D eigenvalue weighted by Gasteiger charge is 2.43. The lowest BCUT2D eigenvalue weighted by Crippen LogP contribution is -2.45. The van der Waals surface area contributed by atoms with E-state index in [2.05, 4.69) is 6.92 Å². The Morgan fingerprint density at radius 2 is 2.00 bits per heavy atom. The first-order chi connectivity index (χ1) is 9.72. The Morgan fingerprint density at radius 3 is 2.70 bits per heavy atom. The van der Waals surface area contributed by atoms with Crippen LogP contribution in [0.4, 0.5) is 0 Å². The molecular formula is C17H28O2S. The summed E-state index contributed by atoms with van der Waals surface area (Å²) in [6, 6.07) is 0. The highest BCUT2D eigenvalue weighted by Crippen LogP contribution is 2.43. The van der Waals surface area contributed by atoms with Gasteiger partial charge in [0.1, 0.15) is 5.78 Å². The Hall–Kier alpha value is -0.0200. The van der Waals surface area contributed by atoms with E-state index >= 15 is 0 Å². The number of Topliss-reactive ketones (excluding diaryl/α,β-unsaturated/α-hetero) is 1. The summed E-state index contributed by atoms with van der Waals surface area (Å²) < 4.78 is 6.13. The summed E-state index contributed by atoms with van der Waals surface area (Å²) in [6.07, 6.45) is 9.14. The molecule has 2 nitrogen and oxygen atoms in total. The largest absolute Gasteiger partial charge is 0.375 e. The second kappa shape index (κ2) is 6.39. The lowest BCUT2D eigenvalue weighted by atomic mass is 9.77. The summed E-state index contributed by atoms with van der Waals surface area (Å²) in [5, 5.41) is 0. The van der Waals surface area contributed by atoms with Gasteiger partial charge in [0.05, 0.1) is 5.60 Å². The maximum absolute atomic E-state index is 12.8. The van der Waals surface area contributed by atoms with Gasteiger partial charge in [0.25, 0.3) is 0 Å². The van der Waals surface area contributed by atoms with Gasteiger partial charge >= 0.3 is 0 Å². The van der Waals surface area contributed by atoms with Crippen LogP contribution < -0.4 is 0 Å². The zero-order chi connectivity index (χ0) is 14.0. The quantitative estimate of drug-likeness (QED) is 0.785. The first kappa shape index (κ1) is 14.9. The second-order valence-corrected chi connectivity index (χ2v) is 8.24. The van der Waals surface area contributed by atoms with Gasteiger partial charge in [-0.05, 0) is 62.4 Å². The minimum Gasteiger partial charge on any atom is -0.375 e. The fourth-order valence-electron chi connectivity index (χ4n) is 4.40. The molecule has 1 spiro atoms. The van der Waals surface area contributed by atoms with Gasteiger partial charge in [0.15, 0.2) is 0 Å². The third-order valence-corrected chi connectivity index (χ3v) is 6.81. The summed E-state index contributed by atoms with van der Waals surface area (Å²) in [4.78, 5) is 12.8. The highest BCUT2D eigenvalue weighted by molar-refractivity contribution is 7.99. The van der Waals surface area contributed by atoms with Crippen molar-refractivity contribution >= 4 is 17.5 Å². The number of thioether (sulfide) groups is 1. The summed E-state index contributed by atoms with van der Waals surface area (Å²) in [5.41, 5.74) is 0.0621. The van der Waals surface area contributed by atoms with Crippen LogP contribution in [0.2, 0.25) is 0 Å². The van der Waals surface area contributed by atoms with Crippen molar-refractivity contribution in [3.05, 3.63) is 0 Å². The fourth-order valence-corrected chi connectivity index (χ4v) is 5.64. The van der Waals surface area contributed by atoms with E-state index in [1.807, 2.05) is 11.8 Å². The average Bonchev–Trinajstić information content (AvgIpc) is 2.96. The summed E-state index contributed by atoms with van der Waals surface area (Å²) in [6.45, 7) is 3.08. The molecule has 2 heterocycles. The molecule has 1 saturated carbocycles. The van der Waals surface area contributed by atoms with Crippen molar-refractivity contribution in [2.24, 2.45) is 17.8 Å². The Balaban J connectivity index is 1.60. The van der Waals surface area contributed by atoms with Crippen LogP contribution in [0.25, 0.3) is 0 Å². The molecule has 0 amide bonds. The van der Waals surface area contributed by atoms with E-state index in [1.165, 1.54) is 24.3 Å². The molecule has 0 N–H and O–H groups in total. The molecule has 0 radical (unpaired) electrons. The predicted octanol–water partition coefficient (Wildman–Crippen LogP) is 4.07. The van der Waals surface area contributed by atoms with E-state index < -0.39 is 0 Å². The highest BCUT2D eigenvalue weighted by atomic mass is 32.2. The van der Waals surface area contributed by atoms with Crippen LogP contribution in [0.15, 0.2) is 0 Å². The van der Waals surface area contributed by atoms with Crippen LogP contribution in [0, 0.1) is 17.8 Å². The number of hydrogen-bond donors (Lipinski definition) is 0. The van der Waals surface area contributed by atoms with Crippen molar-refractivity contribution in [2.75, 3.05) is 18.1 Å². The van der Waals surface area contributed by atoms with Crippen molar-refractivity contribution in [3.8, 4) is 0 Å². The second-order valence-electron chi connectivity index (χ2n) is 7.02. The van der Waals surface area contributed by atoms with Gasteiger partial charge < -0.3 is 4.74 Å². The van der Waals surface area contributed by atoms with Crippen LogP contribution in [0.3, 0.4) is 0 Å². The standard InChI is InChI=1S/C17H28O2S/c1-2-13-3-4-14(11-13)16(18)15-5-8-19-17(12-15)6-9-20-10-7-17/h13-15H,2-12H2,1H3. The van der Waals surface area contributed by atoms with E-state index in [9.17, 15) is 4.79 Å². The molecule has 0 bridgehead atoms. The molecule has 2 aliphatic heterocycles. The fraction of sp³-hybridized carbons (Fsp3) is 0.941. The zero-order valence-corrected chi connectivity index (χ0v) is 13.6. The van der Waals surface area contributed by atoms with Crippen molar-refractivity contribution in [1.82, 2.24) is 0 Å². The van der Waals surface area contributed by atoms with Gasteiger partial charge in [-0.15, -0.1) is 0 Å². The molecule has 0 aromatic rings. The van der Waals surface area contributed by atoms with Crippen LogP contribution in [0.5, 0.6) is 0 Å². The molecule has 0 aromatic heterocycles. The Kier molecular flexibility index (Phi) is 4.76. The van der Waals surface area contributed by atoms with Crippen LogP contribution in [0.1, 0.15) is 58.3 Å². The lowest BCUT2D eigenvalue weighted by molar-refractivity contribution is -0.141. The molecule has 3 aliphatic rings. The van der Waals surface area contributed by atoms with Gasteiger partial charge in [-0.1, -0.05) is 13.3 Å². The normalized spacial score (nSPS) is 37.1. The Bertz CT molecular complexity index is 343. The molecule has 3 fully saturated rings. The number of hydrogen-bond acceptors (Lipinski definition) is 3. The number of carbonyl (C=O) groups is 1. The van der Waals surface area contributed by atoms with E-state index in [0.29, 0.717) is 17.6 Å². The molecule has 0 aromatic carbocycles. The topological polar surface area (TPSA) is 26.3 Å². The summed E-state index contributed by atoms with van der Waals surface area (Å²) >= 11 is 2.04. The molecule has 3 rings (SSSR count). The number of carbonyl (C=O) groups excluding carboxylic acids is 1. The zero-order valence-electron chi connectivity index (χ0n) is 12.7. The van der Waals surface area contributed by atoms with Crippen LogP contribution in [-0.2, 0) is 9.53 Å². The molecule has 1 aliphatic carbocycles. The maximum atomic E-state index is 12.8. The van der Waals surface area contributed by atoms with Crippen LogP contribution in [-0.4, -0.2) is 29.5 Å². The SMILES string of the molecule is CCC1CCC(C(=O)C2CCOC3(CCSCC3)C2)C1. The smallest absolute Gasteiger partial charge is 0.139 e. The summed E-state index contributed by atoms with van der Waals surface area (Å²) in [5.74, 6) is 4.49. The molecular weight excluding hydrogens is 268 g/mol. The monoisotopic (exact) mass is 296 g/mol. The molecule has 3 heteroatoms. The van der Waals surface area contributed by atoms with Crippen LogP contribution >= 0.6 is 11.8 Å². The minimum absolute atomic E-state index is 0.0621. The van der Waals surface area contributed by atoms with Crippen molar-refractivity contribution < 1.29 is 9.53 Å². The molecule has 3 unspecified atom stereocenters. The minimum atomic E-state index is 0.0621. The first-order valence-electron chi connectivity index (χ1n) is 8.48. The third kappa shape index (κ3) is 3.09. The van der Waals surface area contributed by atoms with Gasteiger partial charge in [-0.25, -0.2) is 0 Å². The molecule has 114 valence electrons. The van der Waals surface area contributed by atoms with E-state index in [-0.39, 0.29) is 5.60 Å². The van der Waals surface area contributed by atoms with Gasteiger partial charge in [0.2, 0.25) is 0 Å². The number of ketones is 1. The Morgan fingerprint density at radius 1 is 1.20 bits per heavy atom. The molecule has 3 atom stereocenters.